The number of nitrogens with zero attached hydrogens (tertiary/aromatic N) is 2. The molecule has 3 rings (SSSR count). The summed E-state index contributed by atoms with van der Waals surface area (Å²) in [7, 11) is 4.11. The van der Waals surface area contributed by atoms with E-state index in [1.807, 2.05) is 6.07 Å². The number of hydrogen-bond donors (Lipinski definition) is 0. The monoisotopic (exact) mass is 328 g/mol. The van der Waals surface area contributed by atoms with E-state index in [1.165, 1.54) is 20.1 Å². The van der Waals surface area contributed by atoms with Crippen LogP contribution in [0, 0.1) is 0 Å². The number of rotatable bonds is 3. The quantitative estimate of drug-likeness (QED) is 0.684. The summed E-state index contributed by atoms with van der Waals surface area (Å²) in [6.07, 6.45) is 4.29. The third-order valence-electron chi connectivity index (χ3n) is 3.14. The summed E-state index contributed by atoms with van der Waals surface area (Å²) in [6.45, 7) is 0. The molecule has 1 heterocycles. The number of para-hydroxylation sites is 1. The van der Waals surface area contributed by atoms with Gasteiger partial charge in [0.25, 0.3) is 0 Å². The predicted octanol–water partition coefficient (Wildman–Crippen LogP) is 3.53. The molecule has 0 aliphatic carbocycles. The molecular formula is C17H16N2Se. The van der Waals surface area contributed by atoms with Crippen LogP contribution in [0.4, 0.5) is 5.69 Å². The van der Waals surface area contributed by atoms with Crippen LogP contribution in [0.5, 0.6) is 0 Å². The van der Waals surface area contributed by atoms with E-state index in [0.717, 1.165) is 5.52 Å². The second kappa shape index (κ2) is 5.66. The van der Waals surface area contributed by atoms with Crippen LogP contribution in [0.1, 0.15) is 10.1 Å². The molecule has 3 aromatic rings. The van der Waals surface area contributed by atoms with E-state index in [1.54, 1.807) is 0 Å². The molecule has 0 saturated carbocycles. The zero-order valence-corrected chi connectivity index (χ0v) is 13.3. The van der Waals surface area contributed by atoms with Gasteiger partial charge in [-0.15, -0.1) is 0 Å². The van der Waals surface area contributed by atoms with Crippen molar-refractivity contribution in [2.75, 3.05) is 19.0 Å². The molecule has 2 aromatic carbocycles. The van der Waals surface area contributed by atoms with Crippen LogP contribution in [-0.2, 0) is 0 Å². The van der Waals surface area contributed by atoms with Gasteiger partial charge in [-0.05, 0) is 0 Å². The van der Waals surface area contributed by atoms with E-state index in [9.17, 15) is 0 Å². The van der Waals surface area contributed by atoms with Gasteiger partial charge in [-0.3, -0.25) is 0 Å². The summed E-state index contributed by atoms with van der Waals surface area (Å²) in [5, 5.41) is 0. The van der Waals surface area contributed by atoms with E-state index in [4.69, 9.17) is 0 Å². The van der Waals surface area contributed by atoms with Crippen molar-refractivity contribution < 1.29 is 0 Å². The Labute approximate surface area is 125 Å². The number of fused-ring (bicyclic) bond motifs is 1. The van der Waals surface area contributed by atoms with Crippen LogP contribution >= 0.6 is 0 Å². The van der Waals surface area contributed by atoms with Crippen molar-refractivity contribution in [2.45, 2.75) is 0 Å². The first-order chi connectivity index (χ1) is 9.72. The van der Waals surface area contributed by atoms with Gasteiger partial charge in [-0.2, -0.15) is 0 Å². The van der Waals surface area contributed by atoms with Crippen molar-refractivity contribution in [1.82, 2.24) is 4.98 Å². The van der Waals surface area contributed by atoms with Crippen LogP contribution in [-0.4, -0.2) is 33.6 Å². The number of benzene rings is 2. The van der Waals surface area contributed by atoms with Gasteiger partial charge in [0.15, 0.2) is 0 Å². The molecule has 0 unspecified atom stereocenters. The fourth-order valence-corrected chi connectivity index (χ4v) is 3.84. The SMILES string of the molecule is CN(C)c1ccc(/C=C/c2nc3ccccc3[se]2)cc1. The molecule has 0 fully saturated rings. The van der Waals surface area contributed by atoms with E-state index in [0.29, 0.717) is 14.5 Å². The molecule has 0 spiro atoms. The van der Waals surface area contributed by atoms with Crippen molar-refractivity contribution in [3.05, 3.63) is 58.7 Å². The van der Waals surface area contributed by atoms with Crippen LogP contribution < -0.4 is 4.90 Å². The number of anilines is 1. The van der Waals surface area contributed by atoms with Gasteiger partial charge in [0.2, 0.25) is 0 Å². The third kappa shape index (κ3) is 2.84. The van der Waals surface area contributed by atoms with Crippen molar-refractivity contribution in [3.8, 4) is 0 Å². The Morgan fingerprint density at radius 3 is 2.40 bits per heavy atom. The zero-order valence-electron chi connectivity index (χ0n) is 11.6. The molecule has 2 nitrogen and oxygen atoms in total. The summed E-state index contributed by atoms with van der Waals surface area (Å²) in [5.74, 6) is 0. The Hall–Kier alpha value is -1.83. The molecule has 3 heteroatoms. The Morgan fingerprint density at radius 1 is 0.950 bits per heavy atom. The minimum atomic E-state index is 0.344. The molecule has 0 N–H and O–H groups in total. The van der Waals surface area contributed by atoms with E-state index in [-0.39, 0.29) is 0 Å². The van der Waals surface area contributed by atoms with Gasteiger partial charge in [-0.1, -0.05) is 0 Å². The van der Waals surface area contributed by atoms with Gasteiger partial charge < -0.3 is 0 Å². The van der Waals surface area contributed by atoms with Crippen LogP contribution in [0.2, 0.25) is 0 Å². The van der Waals surface area contributed by atoms with Gasteiger partial charge in [0.1, 0.15) is 0 Å². The Balaban J connectivity index is 1.82. The van der Waals surface area contributed by atoms with Crippen molar-refractivity contribution in [1.29, 1.82) is 0 Å². The number of aromatic nitrogens is 1. The average molecular weight is 327 g/mol. The normalized spacial score (nSPS) is 11.3. The summed E-state index contributed by atoms with van der Waals surface area (Å²) in [5.41, 5.74) is 3.57. The first-order valence-electron chi connectivity index (χ1n) is 6.53. The van der Waals surface area contributed by atoms with Crippen LogP contribution in [0.3, 0.4) is 0 Å². The molecule has 0 aliphatic heterocycles. The van der Waals surface area contributed by atoms with Crippen LogP contribution in [0.15, 0.2) is 48.5 Å². The molecule has 20 heavy (non-hydrogen) atoms. The Bertz CT molecular complexity index is 706. The summed E-state index contributed by atoms with van der Waals surface area (Å²) < 4.78 is 2.57. The molecule has 0 amide bonds. The second-order valence-corrected chi connectivity index (χ2v) is 7.07. The molecule has 0 saturated heterocycles. The van der Waals surface area contributed by atoms with E-state index >= 15 is 0 Å². The van der Waals surface area contributed by atoms with Gasteiger partial charge in [0, 0.05) is 0 Å². The van der Waals surface area contributed by atoms with Gasteiger partial charge >= 0.3 is 125 Å². The van der Waals surface area contributed by atoms with Crippen molar-refractivity contribution in [3.63, 3.8) is 0 Å². The molecule has 0 atom stereocenters. The van der Waals surface area contributed by atoms with Gasteiger partial charge in [-0.25, -0.2) is 0 Å². The Morgan fingerprint density at radius 2 is 1.70 bits per heavy atom. The summed E-state index contributed by atoms with van der Waals surface area (Å²) >= 11 is 0.344. The molecule has 0 bridgehead atoms. The minimum absolute atomic E-state index is 0.344. The molecular weight excluding hydrogens is 311 g/mol. The topological polar surface area (TPSA) is 16.1 Å². The molecule has 0 radical (unpaired) electrons. The molecule has 100 valence electrons. The second-order valence-electron chi connectivity index (χ2n) is 4.84. The first-order valence-corrected chi connectivity index (χ1v) is 8.25. The predicted molar refractivity (Wildman–Crippen MR) is 88.4 cm³/mol. The maximum atomic E-state index is 4.66. The third-order valence-corrected chi connectivity index (χ3v) is 5.24. The maximum absolute atomic E-state index is 4.66. The van der Waals surface area contributed by atoms with Crippen molar-refractivity contribution >= 4 is 42.1 Å². The Kier molecular flexibility index (Phi) is 3.72. The molecule has 0 aliphatic rings. The van der Waals surface area contributed by atoms with Crippen molar-refractivity contribution in [2.24, 2.45) is 0 Å². The van der Waals surface area contributed by atoms with E-state index in [2.05, 4.69) is 78.6 Å². The summed E-state index contributed by atoms with van der Waals surface area (Å²) in [4.78, 5) is 6.77. The molecule has 1 aromatic heterocycles. The van der Waals surface area contributed by atoms with E-state index < -0.39 is 0 Å². The fraction of sp³-hybridized carbons (Fsp3) is 0.118. The van der Waals surface area contributed by atoms with Gasteiger partial charge in [0.05, 0.1) is 0 Å². The standard InChI is InChI=1S/C17H16N2Se/c1-19(2)14-10-7-13(8-11-14)9-12-17-18-15-5-3-4-6-16(15)20-17/h3-12H,1-2H3/b12-9+. The summed E-state index contributed by atoms with van der Waals surface area (Å²) in [6, 6.07) is 16.9. The first kappa shape index (κ1) is 13.2. The number of hydrogen-bond acceptors (Lipinski definition) is 2. The fourth-order valence-electron chi connectivity index (χ4n) is 2.01. The average Bonchev–Trinajstić information content (AvgIpc) is 2.88. The van der Waals surface area contributed by atoms with Crippen LogP contribution in [0.25, 0.3) is 21.9 Å². The zero-order chi connectivity index (χ0) is 13.9.